The van der Waals surface area contributed by atoms with Crippen LogP contribution in [0.1, 0.15) is 52.9 Å². The van der Waals surface area contributed by atoms with Crippen molar-refractivity contribution in [1.82, 2.24) is 5.32 Å². The molecule has 1 aliphatic carbocycles. The third-order valence-electron chi connectivity index (χ3n) is 3.86. The molecule has 1 saturated carbocycles. The standard InChI is InChI=1S/C16H27NO6.Na/c1-10(2)8-14(18)22-11(3)23-16(21)17-9-12-4-6-13(7-5-12)15(19)20;/h10-13H,4-9H2,1-3H3,(H,17,21)(H,19,20);/q;+1/p-1/t11?,12-,13-;. The van der Waals surface area contributed by atoms with Gasteiger partial charge in [-0.15, -0.1) is 0 Å². The van der Waals surface area contributed by atoms with Crippen LogP contribution in [0.4, 0.5) is 4.79 Å². The zero-order chi connectivity index (χ0) is 17.4. The third kappa shape index (κ3) is 9.49. The number of nitrogens with one attached hydrogen (secondary N) is 1. The number of rotatable bonds is 7. The SMILES string of the molecule is CC(C)CC(=O)OC(C)OC(=O)NC[C@H]1CC[C@H](C(=O)[O-])CC1.[Na+]. The molecule has 24 heavy (non-hydrogen) atoms. The predicted molar refractivity (Wildman–Crippen MR) is 79.9 cm³/mol. The van der Waals surface area contributed by atoms with Crippen molar-refractivity contribution >= 4 is 18.0 Å². The molecule has 0 spiro atoms. The van der Waals surface area contributed by atoms with Gasteiger partial charge in [0.05, 0.1) is 0 Å². The van der Waals surface area contributed by atoms with E-state index in [4.69, 9.17) is 9.47 Å². The topological polar surface area (TPSA) is 105 Å². The first-order valence-electron chi connectivity index (χ1n) is 8.12. The van der Waals surface area contributed by atoms with Gasteiger partial charge in [0.1, 0.15) is 0 Å². The Labute approximate surface area is 165 Å². The Bertz CT molecular complexity index is 421. The Balaban J connectivity index is 0.00000529. The van der Waals surface area contributed by atoms with E-state index in [1.807, 2.05) is 13.8 Å². The van der Waals surface area contributed by atoms with Crippen molar-refractivity contribution in [2.75, 3.05) is 6.54 Å². The maximum atomic E-state index is 11.6. The molecular formula is C16H26NNaO6. The number of hydrogen-bond acceptors (Lipinski definition) is 6. The van der Waals surface area contributed by atoms with Crippen molar-refractivity contribution in [3.8, 4) is 0 Å². The number of ether oxygens (including phenoxy) is 2. The molecule has 0 aromatic heterocycles. The zero-order valence-corrected chi connectivity index (χ0v) is 17.0. The van der Waals surface area contributed by atoms with Gasteiger partial charge in [0.25, 0.3) is 0 Å². The van der Waals surface area contributed by atoms with E-state index in [2.05, 4.69) is 5.32 Å². The fraction of sp³-hybridized carbons (Fsp3) is 0.812. The van der Waals surface area contributed by atoms with E-state index in [0.717, 1.165) is 12.8 Å². The smallest absolute Gasteiger partial charge is 0.550 e. The number of aliphatic carboxylic acids is 1. The molecule has 0 aromatic rings. The number of carbonyl (C=O) groups is 3. The summed E-state index contributed by atoms with van der Waals surface area (Å²) in [6.07, 6.45) is 1.32. The summed E-state index contributed by atoms with van der Waals surface area (Å²) in [6.45, 7) is 5.71. The van der Waals surface area contributed by atoms with Gasteiger partial charge in [-0.05, 0) is 43.4 Å². The summed E-state index contributed by atoms with van der Waals surface area (Å²) in [6, 6.07) is 0. The third-order valence-corrected chi connectivity index (χ3v) is 3.86. The molecule has 1 aliphatic rings. The predicted octanol–water partition coefficient (Wildman–Crippen LogP) is -1.79. The molecule has 1 amide bonds. The van der Waals surface area contributed by atoms with Crippen LogP contribution < -0.4 is 40.0 Å². The number of carboxylic acids is 1. The Morgan fingerprint density at radius 2 is 1.67 bits per heavy atom. The van der Waals surface area contributed by atoms with E-state index in [1.165, 1.54) is 6.92 Å². The van der Waals surface area contributed by atoms with Crippen LogP contribution >= 0.6 is 0 Å². The number of alkyl carbamates (subject to hydrolysis) is 1. The summed E-state index contributed by atoms with van der Waals surface area (Å²) < 4.78 is 9.93. The Morgan fingerprint density at radius 3 is 2.17 bits per heavy atom. The molecule has 132 valence electrons. The van der Waals surface area contributed by atoms with Crippen LogP contribution in [0.2, 0.25) is 0 Å². The van der Waals surface area contributed by atoms with Crippen LogP contribution in [0.15, 0.2) is 0 Å². The van der Waals surface area contributed by atoms with Gasteiger partial charge in [0.2, 0.25) is 6.29 Å². The van der Waals surface area contributed by atoms with Crippen LogP contribution in [0.3, 0.4) is 0 Å². The largest absolute Gasteiger partial charge is 1.00 e. The number of carbonyl (C=O) groups excluding carboxylic acids is 3. The summed E-state index contributed by atoms with van der Waals surface area (Å²) in [4.78, 5) is 33.9. The second-order valence-electron chi connectivity index (χ2n) is 6.48. The van der Waals surface area contributed by atoms with Crippen molar-refractivity contribution in [2.45, 2.75) is 59.2 Å². The number of esters is 1. The Kier molecular flexibility index (Phi) is 11.3. The molecular weight excluding hydrogens is 325 g/mol. The monoisotopic (exact) mass is 351 g/mol. The average molecular weight is 351 g/mol. The maximum Gasteiger partial charge on any atom is 1.00 e. The molecule has 0 saturated heterocycles. The molecule has 1 rings (SSSR count). The fourth-order valence-electron chi connectivity index (χ4n) is 2.61. The van der Waals surface area contributed by atoms with E-state index < -0.39 is 24.3 Å². The van der Waals surface area contributed by atoms with E-state index >= 15 is 0 Å². The van der Waals surface area contributed by atoms with Crippen LogP contribution in [-0.2, 0) is 19.1 Å². The van der Waals surface area contributed by atoms with Gasteiger partial charge < -0.3 is 24.7 Å². The first-order chi connectivity index (χ1) is 10.8. The summed E-state index contributed by atoms with van der Waals surface area (Å²) in [5.74, 6) is -1.36. The first-order valence-corrected chi connectivity index (χ1v) is 8.12. The van der Waals surface area contributed by atoms with Crippen LogP contribution in [0.25, 0.3) is 0 Å². The molecule has 1 fully saturated rings. The van der Waals surface area contributed by atoms with Gasteiger partial charge in [-0.3, -0.25) is 4.79 Å². The second kappa shape index (κ2) is 11.7. The quantitative estimate of drug-likeness (QED) is 0.330. The molecule has 0 heterocycles. The Morgan fingerprint density at radius 1 is 1.08 bits per heavy atom. The van der Waals surface area contributed by atoms with Gasteiger partial charge in [-0.25, -0.2) is 4.79 Å². The van der Waals surface area contributed by atoms with E-state index in [1.54, 1.807) is 0 Å². The summed E-state index contributed by atoms with van der Waals surface area (Å²) in [7, 11) is 0. The molecule has 1 N–H and O–H groups in total. The first kappa shape index (κ1) is 23.2. The summed E-state index contributed by atoms with van der Waals surface area (Å²) >= 11 is 0. The van der Waals surface area contributed by atoms with Crippen LogP contribution in [-0.4, -0.2) is 30.9 Å². The number of amides is 1. The summed E-state index contributed by atoms with van der Waals surface area (Å²) in [5, 5.41) is 13.4. The minimum absolute atomic E-state index is 0. The molecule has 0 bridgehead atoms. The molecule has 8 heteroatoms. The molecule has 0 aliphatic heterocycles. The minimum atomic E-state index is -0.993. The fourth-order valence-corrected chi connectivity index (χ4v) is 2.61. The molecule has 0 radical (unpaired) electrons. The van der Waals surface area contributed by atoms with Crippen molar-refractivity contribution in [2.24, 2.45) is 17.8 Å². The summed E-state index contributed by atoms with van der Waals surface area (Å²) in [5.41, 5.74) is 0. The van der Waals surface area contributed by atoms with E-state index in [-0.39, 0.29) is 53.7 Å². The van der Waals surface area contributed by atoms with Crippen molar-refractivity contribution in [3.05, 3.63) is 0 Å². The molecule has 1 unspecified atom stereocenters. The van der Waals surface area contributed by atoms with Crippen molar-refractivity contribution in [1.29, 1.82) is 0 Å². The molecule has 0 aromatic carbocycles. The van der Waals surface area contributed by atoms with Crippen molar-refractivity contribution in [3.63, 3.8) is 0 Å². The van der Waals surface area contributed by atoms with Gasteiger partial charge in [0, 0.05) is 25.9 Å². The van der Waals surface area contributed by atoms with Crippen LogP contribution in [0.5, 0.6) is 0 Å². The maximum absolute atomic E-state index is 11.6. The van der Waals surface area contributed by atoms with Gasteiger partial charge in [-0.1, -0.05) is 13.8 Å². The van der Waals surface area contributed by atoms with Gasteiger partial charge in [0.15, 0.2) is 0 Å². The van der Waals surface area contributed by atoms with Crippen molar-refractivity contribution < 1.29 is 58.5 Å². The molecule has 1 atom stereocenters. The van der Waals surface area contributed by atoms with Gasteiger partial charge >= 0.3 is 41.6 Å². The second-order valence-corrected chi connectivity index (χ2v) is 6.48. The van der Waals surface area contributed by atoms with Gasteiger partial charge in [-0.2, -0.15) is 0 Å². The molecule has 7 nitrogen and oxygen atoms in total. The van der Waals surface area contributed by atoms with Crippen LogP contribution in [0, 0.1) is 17.8 Å². The number of hydrogen-bond donors (Lipinski definition) is 1. The number of carboxylic acid groups (broad SMARTS) is 1. The minimum Gasteiger partial charge on any atom is -0.550 e. The van der Waals surface area contributed by atoms with E-state index in [0.29, 0.717) is 19.4 Å². The normalized spacial score (nSPS) is 21.3. The average Bonchev–Trinajstić information content (AvgIpc) is 2.44. The Hall–Kier alpha value is -0.790. The zero-order valence-electron chi connectivity index (χ0n) is 15.0. The van der Waals surface area contributed by atoms with E-state index in [9.17, 15) is 19.5 Å².